The van der Waals surface area contributed by atoms with Crippen molar-refractivity contribution in [3.63, 3.8) is 0 Å². The van der Waals surface area contributed by atoms with Crippen molar-refractivity contribution >= 4 is 6.03 Å². The van der Waals surface area contributed by atoms with Crippen LogP contribution in [0.3, 0.4) is 0 Å². The van der Waals surface area contributed by atoms with E-state index >= 15 is 0 Å². The average Bonchev–Trinajstić information content (AvgIpc) is 2.68. The minimum absolute atomic E-state index is 0.0518. The fraction of sp³-hybridized carbons (Fsp3) is 0.632. The summed E-state index contributed by atoms with van der Waals surface area (Å²) in [6, 6.07) is 10.7. The Morgan fingerprint density at radius 1 is 0.960 bits per heavy atom. The highest BCUT2D eigenvalue weighted by Crippen LogP contribution is 2.08. The number of amides is 2. The minimum Gasteiger partial charge on any atom is -0.378 e. The molecule has 0 aromatic heterocycles. The number of hydrogen-bond acceptors (Lipinski definition) is 4. The summed E-state index contributed by atoms with van der Waals surface area (Å²) in [6.07, 6.45) is 1.01. The fourth-order valence-electron chi connectivity index (χ4n) is 3.39. The Bertz CT molecular complexity index is 511. The first-order valence-electron chi connectivity index (χ1n) is 9.40. The zero-order chi connectivity index (χ0) is 17.3. The van der Waals surface area contributed by atoms with Gasteiger partial charge in [-0.05, 0) is 18.5 Å². The van der Waals surface area contributed by atoms with Crippen molar-refractivity contribution in [2.24, 2.45) is 0 Å². The van der Waals surface area contributed by atoms with E-state index in [1.165, 1.54) is 5.56 Å². The first-order valence-corrected chi connectivity index (χ1v) is 9.40. The molecule has 0 aliphatic carbocycles. The van der Waals surface area contributed by atoms with Crippen LogP contribution in [0.25, 0.3) is 0 Å². The molecule has 2 aliphatic heterocycles. The van der Waals surface area contributed by atoms with Crippen LogP contribution in [-0.2, 0) is 11.3 Å². The number of rotatable bonds is 6. The summed E-state index contributed by atoms with van der Waals surface area (Å²) < 4.78 is 5.27. The summed E-state index contributed by atoms with van der Waals surface area (Å²) in [7, 11) is 0. The third kappa shape index (κ3) is 5.99. The zero-order valence-corrected chi connectivity index (χ0v) is 15.0. The number of nitrogens with zero attached hydrogens (tertiary/aromatic N) is 3. The summed E-state index contributed by atoms with van der Waals surface area (Å²) >= 11 is 0. The molecule has 0 spiro atoms. The monoisotopic (exact) mass is 346 g/mol. The maximum absolute atomic E-state index is 12.0. The Hall–Kier alpha value is -1.63. The lowest BCUT2D eigenvalue weighted by Gasteiger charge is -2.34. The van der Waals surface area contributed by atoms with Crippen molar-refractivity contribution in [2.45, 2.75) is 13.0 Å². The maximum Gasteiger partial charge on any atom is 0.317 e. The molecule has 0 bridgehead atoms. The lowest BCUT2D eigenvalue weighted by atomic mass is 10.2. The number of carbonyl (C=O) groups is 1. The Balaban J connectivity index is 1.26. The second-order valence-corrected chi connectivity index (χ2v) is 6.79. The zero-order valence-electron chi connectivity index (χ0n) is 15.0. The smallest absolute Gasteiger partial charge is 0.317 e. The molecular formula is C19H30N4O2. The lowest BCUT2D eigenvalue weighted by molar-refractivity contribution is 0.0531. The van der Waals surface area contributed by atoms with E-state index in [1.807, 2.05) is 4.90 Å². The van der Waals surface area contributed by atoms with Gasteiger partial charge >= 0.3 is 6.03 Å². The highest BCUT2D eigenvalue weighted by Gasteiger charge is 2.18. The highest BCUT2D eigenvalue weighted by atomic mass is 16.5. The van der Waals surface area contributed by atoms with Crippen LogP contribution in [0.15, 0.2) is 30.3 Å². The van der Waals surface area contributed by atoms with Crippen molar-refractivity contribution in [1.29, 1.82) is 0 Å². The van der Waals surface area contributed by atoms with E-state index in [1.54, 1.807) is 0 Å². The standard InChI is InChI=1S/C19H30N4O2/c24-19(23-13-15-25-16-14-23)20-7-4-8-21-9-11-22(12-10-21)17-18-5-2-1-3-6-18/h1-3,5-6H,4,7-17H2,(H,20,24). The summed E-state index contributed by atoms with van der Waals surface area (Å²) in [5.74, 6) is 0. The number of urea groups is 1. The molecule has 1 N–H and O–H groups in total. The van der Waals surface area contributed by atoms with Gasteiger partial charge in [-0.3, -0.25) is 4.90 Å². The molecule has 2 amide bonds. The van der Waals surface area contributed by atoms with Gasteiger partial charge in [-0.1, -0.05) is 30.3 Å². The normalized spacial score (nSPS) is 19.8. The molecule has 2 aliphatic rings. The van der Waals surface area contributed by atoms with Crippen molar-refractivity contribution in [3.8, 4) is 0 Å². The second-order valence-electron chi connectivity index (χ2n) is 6.79. The fourth-order valence-corrected chi connectivity index (χ4v) is 3.39. The van der Waals surface area contributed by atoms with E-state index in [0.29, 0.717) is 26.3 Å². The molecule has 2 saturated heterocycles. The molecule has 3 rings (SSSR count). The van der Waals surface area contributed by atoms with Crippen molar-refractivity contribution < 1.29 is 9.53 Å². The SMILES string of the molecule is O=C(NCCCN1CCN(Cc2ccccc2)CC1)N1CCOCC1. The van der Waals surface area contributed by atoms with Crippen LogP contribution in [0.2, 0.25) is 0 Å². The van der Waals surface area contributed by atoms with Crippen molar-refractivity contribution in [2.75, 3.05) is 65.6 Å². The van der Waals surface area contributed by atoms with Crippen LogP contribution in [0.5, 0.6) is 0 Å². The summed E-state index contributed by atoms with van der Waals surface area (Å²) in [6.45, 7) is 10.0. The number of nitrogens with one attached hydrogen (secondary N) is 1. The Labute approximate surface area is 150 Å². The van der Waals surface area contributed by atoms with E-state index in [9.17, 15) is 4.79 Å². The van der Waals surface area contributed by atoms with Crippen LogP contribution >= 0.6 is 0 Å². The number of morpholine rings is 1. The van der Waals surface area contributed by atoms with Gasteiger partial charge in [-0.2, -0.15) is 0 Å². The molecule has 25 heavy (non-hydrogen) atoms. The van der Waals surface area contributed by atoms with E-state index in [4.69, 9.17) is 4.74 Å². The van der Waals surface area contributed by atoms with E-state index in [0.717, 1.165) is 52.2 Å². The molecular weight excluding hydrogens is 316 g/mol. The largest absolute Gasteiger partial charge is 0.378 e. The number of carbonyl (C=O) groups excluding carboxylic acids is 1. The van der Waals surface area contributed by atoms with Crippen LogP contribution in [0, 0.1) is 0 Å². The van der Waals surface area contributed by atoms with Crippen LogP contribution in [-0.4, -0.2) is 86.3 Å². The van der Waals surface area contributed by atoms with E-state index in [2.05, 4.69) is 45.4 Å². The third-order valence-electron chi connectivity index (χ3n) is 4.94. The summed E-state index contributed by atoms with van der Waals surface area (Å²) in [5.41, 5.74) is 1.39. The second kappa shape index (κ2) is 9.75. The molecule has 1 aromatic rings. The van der Waals surface area contributed by atoms with Crippen LogP contribution in [0.1, 0.15) is 12.0 Å². The first kappa shape index (κ1) is 18.2. The molecule has 1 aromatic carbocycles. The van der Waals surface area contributed by atoms with Crippen molar-refractivity contribution in [1.82, 2.24) is 20.0 Å². The molecule has 138 valence electrons. The van der Waals surface area contributed by atoms with Gasteiger partial charge in [0.15, 0.2) is 0 Å². The predicted molar refractivity (Wildman–Crippen MR) is 98.6 cm³/mol. The number of benzene rings is 1. The van der Waals surface area contributed by atoms with Gasteiger partial charge in [0.1, 0.15) is 0 Å². The molecule has 2 heterocycles. The van der Waals surface area contributed by atoms with Gasteiger partial charge < -0.3 is 19.9 Å². The topological polar surface area (TPSA) is 48.1 Å². The predicted octanol–water partition coefficient (Wildman–Crippen LogP) is 1.24. The number of ether oxygens (including phenoxy) is 1. The Kier molecular flexibility index (Phi) is 7.09. The maximum atomic E-state index is 12.0. The van der Waals surface area contributed by atoms with E-state index in [-0.39, 0.29) is 6.03 Å². The molecule has 0 radical (unpaired) electrons. The molecule has 0 unspecified atom stereocenters. The highest BCUT2D eigenvalue weighted by molar-refractivity contribution is 5.74. The van der Waals surface area contributed by atoms with Gasteiger partial charge in [-0.25, -0.2) is 4.79 Å². The molecule has 6 nitrogen and oxygen atoms in total. The molecule has 2 fully saturated rings. The van der Waals surface area contributed by atoms with Gasteiger partial charge in [0.2, 0.25) is 0 Å². The average molecular weight is 346 g/mol. The number of piperazine rings is 1. The number of hydrogen-bond donors (Lipinski definition) is 1. The van der Waals surface area contributed by atoms with Gasteiger partial charge in [0, 0.05) is 52.4 Å². The molecule has 0 atom stereocenters. The quantitative estimate of drug-likeness (QED) is 0.788. The summed E-state index contributed by atoms with van der Waals surface area (Å²) in [5, 5.41) is 3.03. The lowest BCUT2D eigenvalue weighted by Crippen LogP contribution is -2.48. The third-order valence-corrected chi connectivity index (χ3v) is 4.94. The van der Waals surface area contributed by atoms with Gasteiger partial charge in [0.25, 0.3) is 0 Å². The molecule has 0 saturated carbocycles. The van der Waals surface area contributed by atoms with Crippen LogP contribution < -0.4 is 5.32 Å². The Morgan fingerprint density at radius 2 is 1.64 bits per heavy atom. The Morgan fingerprint density at radius 3 is 2.36 bits per heavy atom. The summed E-state index contributed by atoms with van der Waals surface area (Å²) in [4.78, 5) is 18.9. The van der Waals surface area contributed by atoms with Crippen LogP contribution in [0.4, 0.5) is 4.79 Å². The van der Waals surface area contributed by atoms with Gasteiger partial charge in [0.05, 0.1) is 13.2 Å². The first-order chi connectivity index (χ1) is 12.3. The van der Waals surface area contributed by atoms with Crippen molar-refractivity contribution in [3.05, 3.63) is 35.9 Å². The molecule has 6 heteroatoms. The van der Waals surface area contributed by atoms with E-state index < -0.39 is 0 Å². The van der Waals surface area contributed by atoms with Gasteiger partial charge in [-0.15, -0.1) is 0 Å². The minimum atomic E-state index is 0.0518.